The van der Waals surface area contributed by atoms with Crippen LogP contribution >= 0.6 is 15.9 Å². The maximum atomic E-state index is 13.5. The Balaban J connectivity index is 2.98. The summed E-state index contributed by atoms with van der Waals surface area (Å²) in [6.07, 6.45) is 0. The fraction of sp³-hybridized carbons (Fsp3) is 0.400. The molecule has 1 rings (SSSR count). The average molecular weight is 325 g/mol. The van der Waals surface area contributed by atoms with Crippen molar-refractivity contribution in [1.82, 2.24) is 5.32 Å². The predicted octanol–water partition coefficient (Wildman–Crippen LogP) is 1.94. The molecule has 2 N–H and O–H groups in total. The second-order valence-corrected chi connectivity index (χ2v) is 6.57. The number of para-hydroxylation sites is 1. The smallest absolute Gasteiger partial charge is 0.236 e. The molecular weight excluding hydrogens is 311 g/mol. The minimum absolute atomic E-state index is 0.0598. The minimum Gasteiger partial charge on any atom is -0.318 e. The Morgan fingerprint density at radius 1 is 1.47 bits per heavy atom. The Labute approximate surface area is 109 Å². The lowest BCUT2D eigenvalue weighted by Crippen LogP contribution is -2.33. The Kier molecular flexibility index (Phi) is 4.91. The summed E-state index contributed by atoms with van der Waals surface area (Å²) in [7, 11) is -1.95. The Hall–Kier alpha value is -0.660. The Morgan fingerprint density at radius 3 is 2.65 bits per heavy atom. The Bertz CT molecular complexity index is 473. The van der Waals surface area contributed by atoms with Crippen molar-refractivity contribution in [3.05, 3.63) is 28.5 Å². The number of nitrogens with one attached hydrogen (secondary N) is 2. The number of benzene rings is 1. The normalized spacial score (nSPS) is 13.4. The van der Waals surface area contributed by atoms with Crippen molar-refractivity contribution in [2.45, 2.75) is 12.2 Å². The highest BCUT2D eigenvalue weighted by molar-refractivity contribution is 9.10. The van der Waals surface area contributed by atoms with Crippen LogP contribution < -0.4 is 10.0 Å². The van der Waals surface area contributed by atoms with E-state index >= 15 is 0 Å². The van der Waals surface area contributed by atoms with Gasteiger partial charge in [-0.3, -0.25) is 4.72 Å². The van der Waals surface area contributed by atoms with Gasteiger partial charge in [-0.05, 0) is 42.0 Å². The van der Waals surface area contributed by atoms with Crippen molar-refractivity contribution in [3.8, 4) is 0 Å². The topological polar surface area (TPSA) is 58.2 Å². The van der Waals surface area contributed by atoms with Gasteiger partial charge in [0, 0.05) is 11.0 Å². The molecule has 0 fully saturated rings. The van der Waals surface area contributed by atoms with Gasteiger partial charge in [-0.1, -0.05) is 6.07 Å². The van der Waals surface area contributed by atoms with Crippen molar-refractivity contribution in [3.63, 3.8) is 0 Å². The third-order valence-corrected chi connectivity index (χ3v) is 4.60. The van der Waals surface area contributed by atoms with Crippen LogP contribution in [0.1, 0.15) is 6.92 Å². The number of halogens is 2. The molecule has 0 bridgehead atoms. The second kappa shape index (κ2) is 5.79. The molecule has 0 aliphatic carbocycles. The number of sulfonamides is 1. The summed E-state index contributed by atoms with van der Waals surface area (Å²) in [5, 5.41) is 2.11. The van der Waals surface area contributed by atoms with E-state index in [4.69, 9.17) is 0 Å². The molecular formula is C10H14BrFN2O2S. The van der Waals surface area contributed by atoms with Gasteiger partial charge >= 0.3 is 0 Å². The van der Waals surface area contributed by atoms with Crippen LogP contribution in [0.3, 0.4) is 0 Å². The molecule has 7 heteroatoms. The van der Waals surface area contributed by atoms with Crippen molar-refractivity contribution in [2.75, 3.05) is 18.3 Å². The highest BCUT2D eigenvalue weighted by Crippen LogP contribution is 2.26. The van der Waals surface area contributed by atoms with E-state index in [9.17, 15) is 12.8 Å². The molecule has 0 aliphatic heterocycles. The highest BCUT2D eigenvalue weighted by Gasteiger charge is 2.22. The first kappa shape index (κ1) is 14.4. The summed E-state index contributed by atoms with van der Waals surface area (Å²) in [5.41, 5.74) is -0.0598. The largest absolute Gasteiger partial charge is 0.318 e. The molecule has 0 saturated carbocycles. The van der Waals surface area contributed by atoms with Gasteiger partial charge in [-0.15, -0.1) is 0 Å². The molecule has 1 aromatic rings. The SMILES string of the molecule is CNCC(C)S(=O)(=O)Nc1c(F)cccc1Br. The first-order valence-corrected chi connectivity index (χ1v) is 7.32. The van der Waals surface area contributed by atoms with Gasteiger partial charge in [-0.25, -0.2) is 12.8 Å². The van der Waals surface area contributed by atoms with Crippen LogP contribution in [0.4, 0.5) is 10.1 Å². The lowest BCUT2D eigenvalue weighted by Gasteiger charge is -2.15. The summed E-state index contributed by atoms with van der Waals surface area (Å²) in [5.74, 6) is -0.611. The van der Waals surface area contributed by atoms with E-state index in [2.05, 4.69) is 26.0 Å². The standard InChI is InChI=1S/C10H14BrFN2O2S/c1-7(6-13-2)17(15,16)14-10-8(11)4-3-5-9(10)12/h3-5,7,13-14H,6H2,1-2H3. The first-order chi connectivity index (χ1) is 7.88. The zero-order valence-electron chi connectivity index (χ0n) is 9.50. The molecule has 0 heterocycles. The fourth-order valence-electron chi connectivity index (χ4n) is 1.24. The molecule has 1 atom stereocenters. The van der Waals surface area contributed by atoms with Crippen LogP contribution in [0, 0.1) is 5.82 Å². The van der Waals surface area contributed by atoms with E-state index in [1.54, 1.807) is 20.0 Å². The van der Waals surface area contributed by atoms with Gasteiger partial charge in [0.25, 0.3) is 0 Å². The summed E-state index contributed by atoms with van der Waals surface area (Å²) in [4.78, 5) is 0. The van der Waals surface area contributed by atoms with Crippen LogP contribution in [0.5, 0.6) is 0 Å². The predicted molar refractivity (Wildman–Crippen MR) is 70.0 cm³/mol. The van der Waals surface area contributed by atoms with E-state index < -0.39 is 21.1 Å². The Morgan fingerprint density at radius 2 is 2.12 bits per heavy atom. The molecule has 0 aliphatic rings. The van der Waals surface area contributed by atoms with E-state index in [-0.39, 0.29) is 5.69 Å². The zero-order valence-corrected chi connectivity index (χ0v) is 11.9. The molecule has 1 unspecified atom stereocenters. The third kappa shape index (κ3) is 3.65. The van der Waals surface area contributed by atoms with E-state index in [0.29, 0.717) is 11.0 Å². The van der Waals surface area contributed by atoms with Crippen LogP contribution in [-0.4, -0.2) is 27.3 Å². The maximum absolute atomic E-state index is 13.5. The first-order valence-electron chi connectivity index (χ1n) is 4.98. The number of rotatable bonds is 5. The van der Waals surface area contributed by atoms with E-state index in [1.807, 2.05) is 0 Å². The summed E-state index contributed by atoms with van der Waals surface area (Å²) < 4.78 is 39.8. The van der Waals surface area contributed by atoms with E-state index in [1.165, 1.54) is 12.1 Å². The van der Waals surface area contributed by atoms with E-state index in [0.717, 1.165) is 0 Å². The molecule has 1 aromatic carbocycles. The monoisotopic (exact) mass is 324 g/mol. The highest BCUT2D eigenvalue weighted by atomic mass is 79.9. The van der Waals surface area contributed by atoms with Crippen LogP contribution in [0.15, 0.2) is 22.7 Å². The van der Waals surface area contributed by atoms with Gasteiger partial charge in [0.05, 0.1) is 10.9 Å². The molecule has 0 saturated heterocycles. The number of hydrogen-bond acceptors (Lipinski definition) is 3. The lowest BCUT2D eigenvalue weighted by atomic mass is 10.3. The second-order valence-electron chi connectivity index (χ2n) is 3.61. The minimum atomic E-state index is -3.60. The van der Waals surface area contributed by atoms with Crippen molar-refractivity contribution in [1.29, 1.82) is 0 Å². The van der Waals surface area contributed by atoms with Gasteiger partial charge in [0.1, 0.15) is 5.82 Å². The average Bonchev–Trinajstić information content (AvgIpc) is 2.24. The molecule has 0 radical (unpaired) electrons. The lowest BCUT2D eigenvalue weighted by molar-refractivity contribution is 0.582. The van der Waals surface area contributed by atoms with Crippen molar-refractivity contribution >= 4 is 31.6 Å². The zero-order chi connectivity index (χ0) is 13.1. The number of hydrogen-bond donors (Lipinski definition) is 2. The molecule has 0 amide bonds. The van der Waals surface area contributed by atoms with Gasteiger partial charge in [-0.2, -0.15) is 0 Å². The molecule has 96 valence electrons. The fourth-order valence-corrected chi connectivity index (χ4v) is 2.89. The van der Waals surface area contributed by atoms with Crippen LogP contribution in [0.25, 0.3) is 0 Å². The maximum Gasteiger partial charge on any atom is 0.236 e. The molecule has 0 aromatic heterocycles. The number of anilines is 1. The van der Waals surface area contributed by atoms with Gasteiger partial charge < -0.3 is 5.32 Å². The van der Waals surface area contributed by atoms with Crippen LogP contribution in [-0.2, 0) is 10.0 Å². The summed E-state index contributed by atoms with van der Waals surface area (Å²) >= 11 is 3.11. The third-order valence-electron chi connectivity index (χ3n) is 2.23. The quantitative estimate of drug-likeness (QED) is 0.870. The van der Waals surface area contributed by atoms with Gasteiger partial charge in [0.15, 0.2) is 0 Å². The van der Waals surface area contributed by atoms with Gasteiger partial charge in [0.2, 0.25) is 10.0 Å². The van der Waals surface area contributed by atoms with Crippen molar-refractivity contribution in [2.24, 2.45) is 0 Å². The summed E-state index contributed by atoms with van der Waals surface area (Å²) in [6, 6.07) is 4.27. The van der Waals surface area contributed by atoms with Crippen LogP contribution in [0.2, 0.25) is 0 Å². The molecule has 17 heavy (non-hydrogen) atoms. The van der Waals surface area contributed by atoms with Crippen molar-refractivity contribution < 1.29 is 12.8 Å². The molecule has 4 nitrogen and oxygen atoms in total. The summed E-state index contributed by atoms with van der Waals surface area (Å²) in [6.45, 7) is 1.84. The molecule has 0 spiro atoms.